The maximum absolute atomic E-state index is 4.47. The summed E-state index contributed by atoms with van der Waals surface area (Å²) in [6, 6.07) is 6.21. The molecule has 0 amide bonds. The van der Waals surface area contributed by atoms with Crippen LogP contribution >= 0.6 is 15.9 Å². The molecule has 0 radical (unpaired) electrons. The Kier molecular flexibility index (Phi) is 3.03. The van der Waals surface area contributed by atoms with E-state index in [1.807, 2.05) is 26.1 Å². The van der Waals surface area contributed by atoms with Gasteiger partial charge in [-0.05, 0) is 47.5 Å². The fourth-order valence-electron chi connectivity index (χ4n) is 2.15. The highest BCUT2D eigenvalue weighted by Crippen LogP contribution is 2.32. The van der Waals surface area contributed by atoms with Crippen LogP contribution in [0.2, 0.25) is 0 Å². The first-order valence-electron chi connectivity index (χ1n) is 5.99. The van der Waals surface area contributed by atoms with E-state index in [9.17, 15) is 0 Å². The number of fused-ring (bicyclic) bond motifs is 1. The molecular weight excluding hydrogens is 302 g/mol. The van der Waals surface area contributed by atoms with Crippen molar-refractivity contribution >= 4 is 27.0 Å². The SMILES string of the molecule is Cc1cnc(C)c(-c2ccc(Br)c3nccnc23)c1. The van der Waals surface area contributed by atoms with E-state index in [1.165, 1.54) is 0 Å². The molecule has 0 aliphatic carbocycles. The second kappa shape index (κ2) is 4.70. The van der Waals surface area contributed by atoms with Gasteiger partial charge in [-0.3, -0.25) is 15.0 Å². The zero-order valence-corrected chi connectivity index (χ0v) is 12.3. The van der Waals surface area contributed by atoms with Gasteiger partial charge in [0.25, 0.3) is 0 Å². The van der Waals surface area contributed by atoms with Crippen molar-refractivity contribution in [2.75, 3.05) is 0 Å². The molecule has 0 spiro atoms. The van der Waals surface area contributed by atoms with Crippen LogP contribution in [0.4, 0.5) is 0 Å². The number of nitrogens with zero attached hydrogens (tertiary/aromatic N) is 3. The van der Waals surface area contributed by atoms with Crippen LogP contribution in [0.15, 0.2) is 41.3 Å². The van der Waals surface area contributed by atoms with Crippen molar-refractivity contribution in [2.24, 2.45) is 0 Å². The van der Waals surface area contributed by atoms with Gasteiger partial charge in [0.05, 0.1) is 5.52 Å². The summed E-state index contributed by atoms with van der Waals surface area (Å²) in [4.78, 5) is 13.3. The fourth-order valence-corrected chi connectivity index (χ4v) is 2.57. The number of halogens is 1. The lowest BCUT2D eigenvalue weighted by Gasteiger charge is -2.09. The van der Waals surface area contributed by atoms with Crippen molar-refractivity contribution in [1.29, 1.82) is 0 Å². The van der Waals surface area contributed by atoms with Gasteiger partial charge in [0.15, 0.2) is 0 Å². The molecule has 3 aromatic rings. The molecule has 0 aliphatic heterocycles. The van der Waals surface area contributed by atoms with Crippen LogP contribution in [0.25, 0.3) is 22.2 Å². The number of aryl methyl sites for hydroxylation is 2. The molecule has 2 aromatic heterocycles. The molecule has 3 nitrogen and oxygen atoms in total. The van der Waals surface area contributed by atoms with Crippen LogP contribution in [-0.4, -0.2) is 15.0 Å². The summed E-state index contributed by atoms with van der Waals surface area (Å²) in [5.74, 6) is 0. The van der Waals surface area contributed by atoms with Crippen LogP contribution < -0.4 is 0 Å². The first-order valence-corrected chi connectivity index (χ1v) is 6.79. The van der Waals surface area contributed by atoms with Crippen LogP contribution in [0, 0.1) is 13.8 Å². The van der Waals surface area contributed by atoms with E-state index >= 15 is 0 Å². The molecule has 0 N–H and O–H groups in total. The second-order valence-electron chi connectivity index (χ2n) is 4.49. The Morgan fingerprint density at radius 3 is 2.42 bits per heavy atom. The Labute approximate surface area is 119 Å². The molecule has 0 aliphatic rings. The standard InChI is InChI=1S/C15H12BrN3/c1-9-7-12(10(2)19-8-9)11-3-4-13(16)15-14(11)17-5-6-18-15/h3-8H,1-2H3. The highest BCUT2D eigenvalue weighted by Gasteiger charge is 2.11. The van der Waals surface area contributed by atoms with Gasteiger partial charge in [0.2, 0.25) is 0 Å². The van der Waals surface area contributed by atoms with E-state index in [0.717, 1.165) is 37.9 Å². The van der Waals surface area contributed by atoms with E-state index < -0.39 is 0 Å². The third-order valence-electron chi connectivity index (χ3n) is 3.09. The maximum Gasteiger partial charge on any atom is 0.103 e. The van der Waals surface area contributed by atoms with Crippen molar-refractivity contribution in [3.8, 4) is 11.1 Å². The molecule has 1 aromatic carbocycles. The van der Waals surface area contributed by atoms with Gasteiger partial charge in [-0.2, -0.15) is 0 Å². The Morgan fingerprint density at radius 2 is 1.63 bits per heavy atom. The summed E-state index contributed by atoms with van der Waals surface area (Å²) >= 11 is 3.52. The molecule has 0 fully saturated rings. The lowest BCUT2D eigenvalue weighted by atomic mass is 10.0. The van der Waals surface area contributed by atoms with Crippen molar-refractivity contribution < 1.29 is 0 Å². The zero-order valence-electron chi connectivity index (χ0n) is 10.7. The molecule has 2 heterocycles. The van der Waals surface area contributed by atoms with Crippen LogP contribution in [-0.2, 0) is 0 Å². The van der Waals surface area contributed by atoms with E-state index in [2.05, 4.69) is 43.0 Å². The van der Waals surface area contributed by atoms with Crippen LogP contribution in [0.3, 0.4) is 0 Å². The Bertz CT molecular complexity index is 768. The number of rotatable bonds is 1. The third-order valence-corrected chi connectivity index (χ3v) is 3.73. The monoisotopic (exact) mass is 313 g/mol. The van der Waals surface area contributed by atoms with Crippen LogP contribution in [0.1, 0.15) is 11.3 Å². The summed E-state index contributed by atoms with van der Waals surface area (Å²) in [7, 11) is 0. The summed E-state index contributed by atoms with van der Waals surface area (Å²) in [5, 5.41) is 0. The zero-order chi connectivity index (χ0) is 13.4. The molecular formula is C15H12BrN3. The molecule has 0 atom stereocenters. The third kappa shape index (κ3) is 2.12. The molecule has 0 saturated carbocycles. The lowest BCUT2D eigenvalue weighted by molar-refractivity contribution is 1.17. The minimum Gasteiger partial charge on any atom is -0.261 e. The topological polar surface area (TPSA) is 38.7 Å². The number of hydrogen-bond acceptors (Lipinski definition) is 3. The van der Waals surface area contributed by atoms with Crippen molar-refractivity contribution in [1.82, 2.24) is 15.0 Å². The molecule has 94 valence electrons. The highest BCUT2D eigenvalue weighted by molar-refractivity contribution is 9.10. The van der Waals surface area contributed by atoms with Gasteiger partial charge in [-0.25, -0.2) is 0 Å². The summed E-state index contributed by atoms with van der Waals surface area (Å²) in [6.07, 6.45) is 5.31. The molecule has 0 bridgehead atoms. The van der Waals surface area contributed by atoms with Crippen LogP contribution in [0.5, 0.6) is 0 Å². The Hall–Kier alpha value is -1.81. The van der Waals surface area contributed by atoms with E-state index in [0.29, 0.717) is 0 Å². The minimum absolute atomic E-state index is 0.876. The first kappa shape index (κ1) is 12.2. The summed E-state index contributed by atoms with van der Waals surface area (Å²) < 4.78 is 0.956. The average Bonchev–Trinajstić information content (AvgIpc) is 2.43. The van der Waals surface area contributed by atoms with Crippen molar-refractivity contribution in [3.05, 3.63) is 52.5 Å². The highest BCUT2D eigenvalue weighted by atomic mass is 79.9. The Balaban J connectivity index is 2.37. The van der Waals surface area contributed by atoms with Gasteiger partial charge in [0.1, 0.15) is 5.52 Å². The molecule has 19 heavy (non-hydrogen) atoms. The smallest absolute Gasteiger partial charge is 0.103 e. The first-order chi connectivity index (χ1) is 9.16. The normalized spacial score (nSPS) is 10.9. The molecule has 4 heteroatoms. The number of hydrogen-bond donors (Lipinski definition) is 0. The predicted octanol–water partition coefficient (Wildman–Crippen LogP) is 4.07. The quantitative estimate of drug-likeness (QED) is 0.679. The lowest BCUT2D eigenvalue weighted by Crippen LogP contribution is -1.93. The van der Waals surface area contributed by atoms with Gasteiger partial charge in [-0.15, -0.1) is 0 Å². The molecule has 0 saturated heterocycles. The van der Waals surface area contributed by atoms with E-state index in [4.69, 9.17) is 0 Å². The van der Waals surface area contributed by atoms with Gasteiger partial charge >= 0.3 is 0 Å². The summed E-state index contributed by atoms with van der Waals surface area (Å²) in [5.41, 5.74) is 6.09. The van der Waals surface area contributed by atoms with E-state index in [1.54, 1.807) is 12.4 Å². The average molecular weight is 314 g/mol. The van der Waals surface area contributed by atoms with Crippen molar-refractivity contribution in [3.63, 3.8) is 0 Å². The molecule has 3 rings (SSSR count). The summed E-state index contributed by atoms with van der Waals surface area (Å²) in [6.45, 7) is 4.06. The van der Waals surface area contributed by atoms with Crippen molar-refractivity contribution in [2.45, 2.75) is 13.8 Å². The molecule has 0 unspecified atom stereocenters. The minimum atomic E-state index is 0.876. The van der Waals surface area contributed by atoms with E-state index in [-0.39, 0.29) is 0 Å². The van der Waals surface area contributed by atoms with Gasteiger partial charge in [0, 0.05) is 39.9 Å². The number of aromatic nitrogens is 3. The second-order valence-corrected chi connectivity index (χ2v) is 5.35. The Morgan fingerprint density at radius 1 is 0.895 bits per heavy atom. The number of pyridine rings is 1. The van der Waals surface area contributed by atoms with Gasteiger partial charge in [-0.1, -0.05) is 6.07 Å². The van der Waals surface area contributed by atoms with Gasteiger partial charge < -0.3 is 0 Å². The number of benzene rings is 1. The predicted molar refractivity (Wildman–Crippen MR) is 79.9 cm³/mol. The fraction of sp³-hybridized carbons (Fsp3) is 0.133. The largest absolute Gasteiger partial charge is 0.261 e. The maximum atomic E-state index is 4.47.